The van der Waals surface area contributed by atoms with Gasteiger partial charge >= 0.3 is 0 Å². The molecule has 0 saturated heterocycles. The molecule has 3 rings (SSSR count). The molecule has 1 aliphatic rings. The molecule has 1 aromatic heterocycles. The zero-order valence-electron chi connectivity index (χ0n) is 11.5. The fraction of sp³-hybridized carbons (Fsp3) is 0.333. The van der Waals surface area contributed by atoms with Crippen molar-refractivity contribution in [3.8, 4) is 11.3 Å². The van der Waals surface area contributed by atoms with E-state index in [2.05, 4.69) is 15.3 Å². The van der Waals surface area contributed by atoms with E-state index < -0.39 is 0 Å². The number of halogens is 1. The highest BCUT2D eigenvalue weighted by Gasteiger charge is 2.22. The summed E-state index contributed by atoms with van der Waals surface area (Å²) >= 11 is 1.51. The molecule has 1 heterocycles. The lowest BCUT2D eigenvalue weighted by Crippen LogP contribution is -2.05. The van der Waals surface area contributed by atoms with Gasteiger partial charge in [-0.25, -0.2) is 14.4 Å². The number of aromatic nitrogens is 2. The Morgan fingerprint density at radius 3 is 2.70 bits per heavy atom. The summed E-state index contributed by atoms with van der Waals surface area (Å²) in [5, 5.41) is 4.12. The number of hydrogen-bond donors (Lipinski definition) is 1. The Morgan fingerprint density at radius 2 is 2.05 bits per heavy atom. The number of benzene rings is 1. The Balaban J connectivity index is 2.02. The zero-order chi connectivity index (χ0) is 14.1. The highest BCUT2D eigenvalue weighted by molar-refractivity contribution is 7.98. The highest BCUT2D eigenvalue weighted by atomic mass is 32.2. The van der Waals surface area contributed by atoms with Crippen LogP contribution in [0.25, 0.3) is 11.3 Å². The first kappa shape index (κ1) is 13.4. The SMILES string of the molecule is CSc1nc(NC2CC2)cc(-c2ccc(F)cc2C)n1. The summed E-state index contributed by atoms with van der Waals surface area (Å²) in [6, 6.07) is 7.26. The number of nitrogens with one attached hydrogen (secondary N) is 1. The molecule has 1 N–H and O–H groups in total. The molecule has 2 aromatic rings. The largest absolute Gasteiger partial charge is 0.367 e. The summed E-state index contributed by atoms with van der Waals surface area (Å²) in [6.45, 7) is 1.90. The van der Waals surface area contributed by atoms with E-state index in [1.807, 2.05) is 19.2 Å². The normalized spacial score (nSPS) is 14.3. The molecular formula is C15H16FN3S. The Hall–Kier alpha value is -1.62. The van der Waals surface area contributed by atoms with Gasteiger partial charge in [-0.2, -0.15) is 0 Å². The minimum Gasteiger partial charge on any atom is -0.367 e. The fourth-order valence-corrected chi connectivity index (χ4v) is 2.46. The molecular weight excluding hydrogens is 273 g/mol. The van der Waals surface area contributed by atoms with Crippen LogP contribution in [0.4, 0.5) is 10.2 Å². The topological polar surface area (TPSA) is 37.8 Å². The maximum Gasteiger partial charge on any atom is 0.189 e. The van der Waals surface area contributed by atoms with Gasteiger partial charge in [0.2, 0.25) is 0 Å². The molecule has 0 bridgehead atoms. The van der Waals surface area contributed by atoms with Crippen molar-refractivity contribution in [2.75, 3.05) is 11.6 Å². The average molecular weight is 289 g/mol. The molecule has 3 nitrogen and oxygen atoms in total. The molecule has 20 heavy (non-hydrogen) atoms. The smallest absolute Gasteiger partial charge is 0.189 e. The van der Waals surface area contributed by atoms with E-state index in [0.29, 0.717) is 6.04 Å². The zero-order valence-corrected chi connectivity index (χ0v) is 12.3. The predicted molar refractivity (Wildman–Crippen MR) is 80.6 cm³/mol. The summed E-state index contributed by atoms with van der Waals surface area (Å²) in [6.07, 6.45) is 4.35. The lowest BCUT2D eigenvalue weighted by atomic mass is 10.1. The molecule has 1 fully saturated rings. The number of rotatable bonds is 4. The molecule has 0 spiro atoms. The van der Waals surface area contributed by atoms with Crippen LogP contribution >= 0.6 is 11.8 Å². The van der Waals surface area contributed by atoms with Gasteiger partial charge in [0.05, 0.1) is 5.69 Å². The minimum atomic E-state index is -0.221. The van der Waals surface area contributed by atoms with Crippen LogP contribution in [0.1, 0.15) is 18.4 Å². The van der Waals surface area contributed by atoms with Crippen molar-refractivity contribution in [3.63, 3.8) is 0 Å². The van der Waals surface area contributed by atoms with Gasteiger partial charge in [-0.05, 0) is 49.8 Å². The fourth-order valence-electron chi connectivity index (χ4n) is 2.08. The van der Waals surface area contributed by atoms with Gasteiger partial charge in [-0.3, -0.25) is 0 Å². The van der Waals surface area contributed by atoms with E-state index in [0.717, 1.165) is 27.8 Å². The van der Waals surface area contributed by atoms with E-state index in [1.165, 1.54) is 36.7 Å². The quantitative estimate of drug-likeness (QED) is 0.684. The second-order valence-electron chi connectivity index (χ2n) is 5.00. The summed E-state index contributed by atoms with van der Waals surface area (Å²) in [7, 11) is 0. The van der Waals surface area contributed by atoms with Crippen LogP contribution in [-0.2, 0) is 0 Å². The lowest BCUT2D eigenvalue weighted by Gasteiger charge is -2.10. The van der Waals surface area contributed by atoms with Crippen LogP contribution in [-0.4, -0.2) is 22.3 Å². The van der Waals surface area contributed by atoms with Crippen molar-refractivity contribution >= 4 is 17.6 Å². The number of hydrogen-bond acceptors (Lipinski definition) is 4. The van der Waals surface area contributed by atoms with E-state index in [1.54, 1.807) is 6.07 Å². The van der Waals surface area contributed by atoms with Crippen LogP contribution < -0.4 is 5.32 Å². The number of anilines is 1. The molecule has 0 radical (unpaired) electrons. The Bertz CT molecular complexity index is 641. The molecule has 0 unspecified atom stereocenters. The molecule has 1 aromatic carbocycles. The molecule has 0 atom stereocenters. The Kier molecular flexibility index (Phi) is 3.61. The van der Waals surface area contributed by atoms with Gasteiger partial charge in [-0.1, -0.05) is 11.8 Å². The maximum atomic E-state index is 13.2. The first-order valence-corrected chi connectivity index (χ1v) is 7.84. The van der Waals surface area contributed by atoms with Gasteiger partial charge in [0, 0.05) is 17.7 Å². The summed E-state index contributed by atoms with van der Waals surface area (Å²) in [4.78, 5) is 9.00. The number of thioether (sulfide) groups is 1. The van der Waals surface area contributed by atoms with Crippen LogP contribution in [0, 0.1) is 12.7 Å². The Labute approximate surface area is 122 Å². The monoisotopic (exact) mass is 289 g/mol. The number of aryl methyl sites for hydroxylation is 1. The standard InChI is InChI=1S/C15H16FN3S/c1-9-7-10(16)3-6-12(9)13-8-14(17-11-4-5-11)19-15(18-13)20-2/h3,6-8,11H,4-5H2,1-2H3,(H,17,18,19). The number of nitrogens with zero attached hydrogens (tertiary/aromatic N) is 2. The molecule has 104 valence electrons. The minimum absolute atomic E-state index is 0.221. The second-order valence-corrected chi connectivity index (χ2v) is 5.78. The van der Waals surface area contributed by atoms with Crippen molar-refractivity contribution < 1.29 is 4.39 Å². The van der Waals surface area contributed by atoms with Crippen LogP contribution in [0.2, 0.25) is 0 Å². The van der Waals surface area contributed by atoms with Gasteiger partial charge in [0.15, 0.2) is 5.16 Å². The van der Waals surface area contributed by atoms with Gasteiger partial charge in [-0.15, -0.1) is 0 Å². The van der Waals surface area contributed by atoms with Crippen molar-refractivity contribution in [1.29, 1.82) is 0 Å². The van der Waals surface area contributed by atoms with Crippen LogP contribution in [0.5, 0.6) is 0 Å². The third-order valence-corrected chi connectivity index (χ3v) is 3.83. The van der Waals surface area contributed by atoms with Crippen molar-refractivity contribution in [2.24, 2.45) is 0 Å². The van der Waals surface area contributed by atoms with Crippen molar-refractivity contribution in [1.82, 2.24) is 9.97 Å². The first-order chi connectivity index (χ1) is 9.65. The van der Waals surface area contributed by atoms with Crippen molar-refractivity contribution in [2.45, 2.75) is 31.0 Å². The lowest BCUT2D eigenvalue weighted by molar-refractivity contribution is 0.627. The maximum absolute atomic E-state index is 13.2. The predicted octanol–water partition coefficient (Wildman–Crippen LogP) is 3.89. The van der Waals surface area contributed by atoms with Gasteiger partial charge < -0.3 is 5.32 Å². The second kappa shape index (κ2) is 5.40. The van der Waals surface area contributed by atoms with Crippen LogP contribution in [0.15, 0.2) is 29.4 Å². The van der Waals surface area contributed by atoms with Gasteiger partial charge in [0.1, 0.15) is 11.6 Å². The van der Waals surface area contributed by atoms with Crippen LogP contribution in [0.3, 0.4) is 0 Å². The van der Waals surface area contributed by atoms with E-state index in [4.69, 9.17) is 0 Å². The average Bonchev–Trinajstić information content (AvgIpc) is 3.22. The van der Waals surface area contributed by atoms with E-state index >= 15 is 0 Å². The first-order valence-electron chi connectivity index (χ1n) is 6.62. The molecule has 1 aliphatic carbocycles. The summed E-state index contributed by atoms with van der Waals surface area (Å²) in [5.41, 5.74) is 2.67. The molecule has 0 amide bonds. The van der Waals surface area contributed by atoms with E-state index in [-0.39, 0.29) is 5.82 Å². The summed E-state index contributed by atoms with van der Waals surface area (Å²) in [5.74, 6) is 0.632. The highest BCUT2D eigenvalue weighted by Crippen LogP contribution is 2.29. The summed E-state index contributed by atoms with van der Waals surface area (Å²) < 4.78 is 13.2. The molecule has 5 heteroatoms. The molecule has 1 saturated carbocycles. The third-order valence-electron chi connectivity index (χ3n) is 3.28. The van der Waals surface area contributed by atoms with E-state index in [9.17, 15) is 4.39 Å². The van der Waals surface area contributed by atoms with Crippen molar-refractivity contribution in [3.05, 3.63) is 35.6 Å². The van der Waals surface area contributed by atoms with Gasteiger partial charge in [0.25, 0.3) is 0 Å². The third kappa shape index (κ3) is 2.93. The molecule has 0 aliphatic heterocycles. The Morgan fingerprint density at radius 1 is 1.25 bits per heavy atom.